The van der Waals surface area contributed by atoms with E-state index in [9.17, 15) is 9.59 Å². The number of hydrogen-bond acceptors (Lipinski definition) is 5. The quantitative estimate of drug-likeness (QED) is 0.803. The number of aryl methyl sites for hydroxylation is 1. The summed E-state index contributed by atoms with van der Waals surface area (Å²) in [5, 5.41) is 0.795. The van der Waals surface area contributed by atoms with Gasteiger partial charge in [-0.15, -0.1) is 0 Å². The normalized spacial score (nSPS) is 15.4. The van der Waals surface area contributed by atoms with Gasteiger partial charge in [-0.3, -0.25) is 4.79 Å². The van der Waals surface area contributed by atoms with Crippen LogP contribution < -0.4 is 5.56 Å². The van der Waals surface area contributed by atoms with Gasteiger partial charge in [0.05, 0.1) is 32.4 Å². The monoisotopic (exact) mass is 303 g/mol. The van der Waals surface area contributed by atoms with E-state index in [4.69, 9.17) is 14.2 Å². The smallest absolute Gasteiger partial charge is 0.343 e. The standard InChI is InChI=1S/C16H17NO5/c1-10-3-4-11-8-12(16(19)20-2)15(18)17(13(11)7-10)9-14-21-5-6-22-14/h3-4,7-8,14H,5-6,9H2,1-2H3. The van der Waals surface area contributed by atoms with Gasteiger partial charge in [-0.1, -0.05) is 12.1 Å². The van der Waals surface area contributed by atoms with Crippen LogP contribution in [0.4, 0.5) is 0 Å². The lowest BCUT2D eigenvalue weighted by Crippen LogP contribution is -2.31. The Morgan fingerprint density at radius 1 is 1.32 bits per heavy atom. The van der Waals surface area contributed by atoms with Crippen LogP contribution in [0.25, 0.3) is 10.9 Å². The summed E-state index contributed by atoms with van der Waals surface area (Å²) < 4.78 is 17.1. The van der Waals surface area contributed by atoms with E-state index in [1.165, 1.54) is 11.7 Å². The highest BCUT2D eigenvalue weighted by Crippen LogP contribution is 2.18. The molecule has 2 heterocycles. The molecule has 2 aromatic rings. The van der Waals surface area contributed by atoms with Crippen molar-refractivity contribution in [1.29, 1.82) is 0 Å². The number of benzene rings is 1. The van der Waals surface area contributed by atoms with Crippen molar-refractivity contribution in [2.24, 2.45) is 0 Å². The van der Waals surface area contributed by atoms with Gasteiger partial charge < -0.3 is 18.8 Å². The molecule has 1 aliphatic heterocycles. The first kappa shape index (κ1) is 14.7. The number of carbonyl (C=O) groups excluding carboxylic acids is 1. The molecular formula is C16H17NO5. The fraction of sp³-hybridized carbons (Fsp3) is 0.375. The zero-order valence-electron chi connectivity index (χ0n) is 12.5. The molecule has 1 aliphatic rings. The van der Waals surface area contributed by atoms with Gasteiger partial charge >= 0.3 is 5.97 Å². The van der Waals surface area contributed by atoms with Crippen molar-refractivity contribution in [2.75, 3.05) is 20.3 Å². The molecule has 6 nitrogen and oxygen atoms in total. The summed E-state index contributed by atoms with van der Waals surface area (Å²) in [7, 11) is 1.26. The predicted molar refractivity (Wildman–Crippen MR) is 80.0 cm³/mol. The van der Waals surface area contributed by atoms with Crippen LogP contribution in [0.1, 0.15) is 15.9 Å². The Kier molecular flexibility index (Phi) is 3.96. The second-order valence-corrected chi connectivity index (χ2v) is 5.20. The maximum Gasteiger partial charge on any atom is 0.343 e. The van der Waals surface area contributed by atoms with E-state index in [2.05, 4.69) is 0 Å². The first-order valence-electron chi connectivity index (χ1n) is 7.06. The van der Waals surface area contributed by atoms with Crippen molar-refractivity contribution < 1.29 is 19.0 Å². The van der Waals surface area contributed by atoms with Gasteiger partial charge in [0.15, 0.2) is 6.29 Å². The van der Waals surface area contributed by atoms with Gasteiger partial charge in [0, 0.05) is 0 Å². The first-order chi connectivity index (χ1) is 10.6. The molecule has 0 aliphatic carbocycles. The molecule has 0 amide bonds. The number of aromatic nitrogens is 1. The second-order valence-electron chi connectivity index (χ2n) is 5.20. The molecule has 22 heavy (non-hydrogen) atoms. The number of pyridine rings is 1. The number of esters is 1. The average Bonchev–Trinajstić information content (AvgIpc) is 3.02. The van der Waals surface area contributed by atoms with Crippen molar-refractivity contribution in [1.82, 2.24) is 4.57 Å². The summed E-state index contributed by atoms with van der Waals surface area (Å²) >= 11 is 0. The first-order valence-corrected chi connectivity index (χ1v) is 7.06. The third-order valence-electron chi connectivity index (χ3n) is 3.68. The predicted octanol–water partition coefficient (Wildman–Crippen LogP) is 1.47. The highest BCUT2D eigenvalue weighted by Gasteiger charge is 2.21. The Bertz CT molecular complexity index is 774. The van der Waals surface area contributed by atoms with Crippen LogP contribution in [-0.4, -0.2) is 37.1 Å². The number of carbonyl (C=O) groups is 1. The molecule has 0 saturated carbocycles. The van der Waals surface area contributed by atoms with Crippen molar-refractivity contribution in [2.45, 2.75) is 19.8 Å². The summed E-state index contributed by atoms with van der Waals surface area (Å²) in [4.78, 5) is 24.5. The minimum atomic E-state index is -0.644. The molecule has 0 unspecified atom stereocenters. The maximum atomic E-state index is 12.6. The largest absolute Gasteiger partial charge is 0.465 e. The van der Waals surface area contributed by atoms with Gasteiger partial charge in [0.1, 0.15) is 5.56 Å². The lowest BCUT2D eigenvalue weighted by atomic mass is 10.1. The lowest BCUT2D eigenvalue weighted by molar-refractivity contribution is -0.0523. The van der Waals surface area contributed by atoms with E-state index < -0.39 is 17.8 Å². The Hall–Kier alpha value is -2.18. The Balaban J connectivity index is 2.19. The molecule has 1 saturated heterocycles. The molecule has 0 N–H and O–H groups in total. The van der Waals surface area contributed by atoms with E-state index in [1.807, 2.05) is 25.1 Å². The van der Waals surface area contributed by atoms with Crippen LogP contribution in [0.2, 0.25) is 0 Å². The molecule has 1 aromatic heterocycles. The lowest BCUT2D eigenvalue weighted by Gasteiger charge is -2.16. The SMILES string of the molecule is COC(=O)c1cc2ccc(C)cc2n(CC2OCCO2)c1=O. The highest BCUT2D eigenvalue weighted by molar-refractivity contribution is 5.93. The van der Waals surface area contributed by atoms with Crippen molar-refractivity contribution in [3.63, 3.8) is 0 Å². The fourth-order valence-corrected chi connectivity index (χ4v) is 2.58. The minimum absolute atomic E-state index is 0.0110. The highest BCUT2D eigenvalue weighted by atomic mass is 16.7. The summed E-state index contributed by atoms with van der Waals surface area (Å²) in [6, 6.07) is 7.28. The zero-order chi connectivity index (χ0) is 15.7. The van der Waals surface area contributed by atoms with Crippen LogP contribution in [0.3, 0.4) is 0 Å². The molecule has 116 valence electrons. The van der Waals surface area contributed by atoms with Crippen molar-refractivity contribution in [3.8, 4) is 0 Å². The van der Waals surface area contributed by atoms with Gasteiger partial charge in [0.25, 0.3) is 5.56 Å². The third kappa shape index (κ3) is 2.63. The number of nitrogens with zero attached hydrogens (tertiary/aromatic N) is 1. The molecule has 6 heteroatoms. The molecule has 3 rings (SSSR count). The molecular weight excluding hydrogens is 286 g/mol. The summed E-state index contributed by atoms with van der Waals surface area (Å²) in [6.07, 6.45) is -0.477. The number of rotatable bonds is 3. The Morgan fingerprint density at radius 3 is 2.73 bits per heavy atom. The van der Waals surface area contributed by atoms with Crippen molar-refractivity contribution in [3.05, 3.63) is 45.7 Å². The number of fused-ring (bicyclic) bond motifs is 1. The van der Waals surface area contributed by atoms with Crippen LogP contribution >= 0.6 is 0 Å². The van der Waals surface area contributed by atoms with Crippen LogP contribution in [-0.2, 0) is 20.8 Å². The number of hydrogen-bond donors (Lipinski definition) is 0. The molecule has 0 atom stereocenters. The maximum absolute atomic E-state index is 12.6. The molecule has 0 bridgehead atoms. The Labute approximate surface area is 127 Å². The molecule has 0 radical (unpaired) electrons. The van der Waals surface area contributed by atoms with Gasteiger partial charge in [-0.05, 0) is 30.0 Å². The van der Waals surface area contributed by atoms with Crippen LogP contribution in [0, 0.1) is 6.92 Å². The van der Waals surface area contributed by atoms with Gasteiger partial charge in [-0.2, -0.15) is 0 Å². The van der Waals surface area contributed by atoms with E-state index in [0.717, 1.165) is 16.5 Å². The topological polar surface area (TPSA) is 66.8 Å². The number of ether oxygens (including phenoxy) is 3. The van der Waals surface area contributed by atoms with Crippen LogP contribution in [0.5, 0.6) is 0 Å². The van der Waals surface area contributed by atoms with Gasteiger partial charge in [0.2, 0.25) is 0 Å². The third-order valence-corrected chi connectivity index (χ3v) is 3.68. The molecule has 1 fully saturated rings. The Morgan fingerprint density at radius 2 is 2.05 bits per heavy atom. The summed E-state index contributed by atoms with van der Waals surface area (Å²) in [6.45, 7) is 3.20. The van der Waals surface area contributed by atoms with Crippen LogP contribution in [0.15, 0.2) is 29.1 Å². The second kappa shape index (κ2) is 5.90. The van der Waals surface area contributed by atoms with E-state index in [-0.39, 0.29) is 12.1 Å². The zero-order valence-corrected chi connectivity index (χ0v) is 12.5. The van der Waals surface area contributed by atoms with Gasteiger partial charge in [-0.25, -0.2) is 4.79 Å². The molecule has 1 aromatic carbocycles. The molecule has 0 spiro atoms. The van der Waals surface area contributed by atoms with Crippen molar-refractivity contribution >= 4 is 16.9 Å². The van der Waals surface area contributed by atoms with E-state index >= 15 is 0 Å². The number of methoxy groups -OCH3 is 1. The van der Waals surface area contributed by atoms with E-state index in [1.54, 1.807) is 6.07 Å². The summed E-state index contributed by atoms with van der Waals surface area (Å²) in [5.41, 5.74) is 1.39. The summed E-state index contributed by atoms with van der Waals surface area (Å²) in [5.74, 6) is -0.644. The minimum Gasteiger partial charge on any atom is -0.465 e. The van der Waals surface area contributed by atoms with E-state index in [0.29, 0.717) is 13.2 Å². The fourth-order valence-electron chi connectivity index (χ4n) is 2.58. The average molecular weight is 303 g/mol.